The number of rotatable bonds is 6. The molecule has 3 heterocycles. The van der Waals surface area contributed by atoms with Crippen molar-refractivity contribution in [3.63, 3.8) is 0 Å². The summed E-state index contributed by atoms with van der Waals surface area (Å²) in [6.07, 6.45) is 0. The summed E-state index contributed by atoms with van der Waals surface area (Å²) in [5.41, 5.74) is 2.93. The largest absolute Gasteiger partial charge is 0.464 e. The number of halogens is 2. The number of carbonyl (C=O) groups is 1. The third-order valence-corrected chi connectivity index (χ3v) is 6.81. The molecule has 190 valence electrons. The summed E-state index contributed by atoms with van der Waals surface area (Å²) in [5.74, 6) is 0.00844. The molecule has 0 aliphatic carbocycles. The fourth-order valence-corrected chi connectivity index (χ4v) is 4.64. The summed E-state index contributed by atoms with van der Waals surface area (Å²) in [6.45, 7) is 6.45. The quantitative estimate of drug-likeness (QED) is 0.278. The van der Waals surface area contributed by atoms with Crippen LogP contribution in [-0.4, -0.2) is 43.3 Å². The van der Waals surface area contributed by atoms with E-state index in [1.54, 1.807) is 22.9 Å². The molecule has 1 unspecified atom stereocenters. The lowest BCUT2D eigenvalue weighted by Crippen LogP contribution is -2.32. The van der Waals surface area contributed by atoms with Gasteiger partial charge in [0.1, 0.15) is 11.7 Å². The SMILES string of the molecule is COC(=O)c1cc2c([nH]c3ccccc32)c(C(NCc2ccc(Cl)c(Cl)c2)c2nnnn2C(C)(C)C)n1. The van der Waals surface area contributed by atoms with Crippen LogP contribution >= 0.6 is 23.2 Å². The summed E-state index contributed by atoms with van der Waals surface area (Å²) >= 11 is 12.4. The number of nitrogens with one attached hydrogen (secondary N) is 2. The van der Waals surface area contributed by atoms with Gasteiger partial charge in [-0.05, 0) is 61.0 Å². The van der Waals surface area contributed by atoms with Crippen LogP contribution in [0.2, 0.25) is 10.0 Å². The van der Waals surface area contributed by atoms with Crippen LogP contribution in [0.4, 0.5) is 0 Å². The van der Waals surface area contributed by atoms with E-state index >= 15 is 0 Å². The fourth-order valence-electron chi connectivity index (χ4n) is 4.32. The van der Waals surface area contributed by atoms with E-state index in [0.717, 1.165) is 27.4 Å². The smallest absolute Gasteiger partial charge is 0.356 e. The fraction of sp³-hybridized carbons (Fsp3) is 0.269. The highest BCUT2D eigenvalue weighted by atomic mass is 35.5. The first-order chi connectivity index (χ1) is 17.7. The van der Waals surface area contributed by atoms with Crippen molar-refractivity contribution in [3.05, 3.63) is 81.4 Å². The summed E-state index contributed by atoms with van der Waals surface area (Å²) < 4.78 is 6.78. The number of tetrazole rings is 1. The van der Waals surface area contributed by atoms with Crippen molar-refractivity contribution in [2.24, 2.45) is 0 Å². The van der Waals surface area contributed by atoms with Crippen molar-refractivity contribution in [1.29, 1.82) is 0 Å². The number of carbonyl (C=O) groups excluding carboxylic acids is 1. The number of hydrogen-bond acceptors (Lipinski definition) is 7. The van der Waals surface area contributed by atoms with Gasteiger partial charge in [-0.2, -0.15) is 0 Å². The lowest BCUT2D eigenvalue weighted by molar-refractivity contribution is 0.0594. The van der Waals surface area contributed by atoms with E-state index in [9.17, 15) is 4.79 Å². The number of fused-ring (bicyclic) bond motifs is 3. The molecular weight excluding hydrogens is 513 g/mol. The number of hydrogen-bond donors (Lipinski definition) is 2. The Morgan fingerprint density at radius 1 is 1.11 bits per heavy atom. The van der Waals surface area contributed by atoms with Crippen LogP contribution in [0.1, 0.15) is 54.4 Å². The molecule has 0 fully saturated rings. The number of pyridine rings is 1. The molecule has 9 nitrogen and oxygen atoms in total. The molecule has 0 saturated heterocycles. The minimum absolute atomic E-state index is 0.186. The van der Waals surface area contributed by atoms with E-state index in [-0.39, 0.29) is 5.69 Å². The van der Waals surface area contributed by atoms with E-state index in [0.29, 0.717) is 28.1 Å². The predicted molar refractivity (Wildman–Crippen MR) is 143 cm³/mol. The van der Waals surface area contributed by atoms with Gasteiger partial charge in [-0.15, -0.1) is 5.10 Å². The lowest BCUT2D eigenvalue weighted by atomic mass is 10.0. The molecule has 0 aliphatic rings. The highest BCUT2D eigenvalue weighted by Crippen LogP contribution is 2.33. The number of H-pyrrole nitrogens is 1. The molecule has 0 radical (unpaired) electrons. The van der Waals surface area contributed by atoms with Gasteiger partial charge in [0.15, 0.2) is 5.82 Å². The molecule has 3 aromatic heterocycles. The van der Waals surface area contributed by atoms with Gasteiger partial charge in [0.25, 0.3) is 0 Å². The third kappa shape index (κ3) is 4.77. The zero-order valence-electron chi connectivity index (χ0n) is 20.7. The third-order valence-electron chi connectivity index (χ3n) is 6.07. The first kappa shape index (κ1) is 25.1. The number of benzene rings is 2. The molecule has 0 spiro atoms. The van der Waals surface area contributed by atoms with E-state index in [2.05, 4.69) is 25.8 Å². The monoisotopic (exact) mass is 537 g/mol. The number of aromatic nitrogens is 6. The maximum absolute atomic E-state index is 12.7. The van der Waals surface area contributed by atoms with Gasteiger partial charge in [-0.1, -0.05) is 47.5 Å². The van der Waals surface area contributed by atoms with Crippen LogP contribution < -0.4 is 5.32 Å². The first-order valence-electron chi connectivity index (χ1n) is 11.6. The van der Waals surface area contributed by atoms with E-state index < -0.39 is 17.6 Å². The van der Waals surface area contributed by atoms with Crippen LogP contribution in [0.15, 0.2) is 48.5 Å². The average Bonchev–Trinajstić information content (AvgIpc) is 3.51. The zero-order valence-corrected chi connectivity index (χ0v) is 22.2. The molecule has 0 aliphatic heterocycles. The number of esters is 1. The standard InChI is InChI=1S/C26H25Cl2N7O2/c1-26(2,3)35-24(32-33-34-35)23(29-13-14-9-10-17(27)18(28)11-14)22-21-16(12-20(31-22)25(36)37-4)15-7-5-6-8-19(15)30-21/h5-12,23,29-30H,13H2,1-4H3. The average molecular weight is 538 g/mol. The Hall–Kier alpha value is -3.53. The summed E-state index contributed by atoms with van der Waals surface area (Å²) in [6, 6.07) is 14.5. The second-order valence-corrected chi connectivity index (χ2v) is 10.5. The normalized spacial score (nSPS) is 12.8. The van der Waals surface area contributed by atoms with E-state index in [4.69, 9.17) is 32.9 Å². The van der Waals surface area contributed by atoms with Gasteiger partial charge in [0.05, 0.1) is 33.9 Å². The molecule has 5 rings (SSSR count). The molecule has 2 aromatic carbocycles. The first-order valence-corrected chi connectivity index (χ1v) is 12.4. The van der Waals surface area contributed by atoms with Crippen LogP contribution in [0.3, 0.4) is 0 Å². The van der Waals surface area contributed by atoms with Crippen LogP contribution in [-0.2, 0) is 16.8 Å². The topological polar surface area (TPSA) is 111 Å². The molecule has 5 aromatic rings. The van der Waals surface area contributed by atoms with E-state index in [1.807, 2.05) is 51.1 Å². The Morgan fingerprint density at radius 3 is 2.62 bits per heavy atom. The Kier molecular flexibility index (Phi) is 6.61. The van der Waals surface area contributed by atoms with Crippen molar-refractivity contribution in [3.8, 4) is 0 Å². The molecule has 0 saturated carbocycles. The van der Waals surface area contributed by atoms with Crippen LogP contribution in [0, 0.1) is 0 Å². The minimum Gasteiger partial charge on any atom is -0.464 e. The van der Waals surface area contributed by atoms with Gasteiger partial charge in [0, 0.05) is 22.8 Å². The van der Waals surface area contributed by atoms with E-state index in [1.165, 1.54) is 7.11 Å². The maximum Gasteiger partial charge on any atom is 0.356 e. The minimum atomic E-state index is -0.594. The number of ether oxygens (including phenoxy) is 1. The lowest BCUT2D eigenvalue weighted by Gasteiger charge is -2.25. The zero-order chi connectivity index (χ0) is 26.3. The molecule has 1 atom stereocenters. The molecule has 0 bridgehead atoms. The molecular formula is C26H25Cl2N7O2. The summed E-state index contributed by atoms with van der Waals surface area (Å²) in [5, 5.41) is 18.9. The maximum atomic E-state index is 12.7. The Bertz CT molecular complexity index is 1620. The van der Waals surface area contributed by atoms with Gasteiger partial charge >= 0.3 is 5.97 Å². The van der Waals surface area contributed by atoms with Crippen molar-refractivity contribution in [1.82, 2.24) is 35.5 Å². The summed E-state index contributed by atoms with van der Waals surface area (Å²) in [4.78, 5) is 20.9. The molecule has 2 N–H and O–H groups in total. The molecule has 0 amide bonds. The van der Waals surface area contributed by atoms with Gasteiger partial charge in [-0.25, -0.2) is 14.5 Å². The van der Waals surface area contributed by atoms with Crippen molar-refractivity contribution in [2.45, 2.75) is 38.9 Å². The second-order valence-electron chi connectivity index (χ2n) is 9.66. The Labute approximate surface area is 223 Å². The number of para-hydroxylation sites is 1. The van der Waals surface area contributed by atoms with Crippen molar-refractivity contribution < 1.29 is 9.53 Å². The van der Waals surface area contributed by atoms with Crippen LogP contribution in [0.25, 0.3) is 21.8 Å². The predicted octanol–water partition coefficient (Wildman–Crippen LogP) is 5.43. The molecule has 11 heteroatoms. The van der Waals surface area contributed by atoms with Gasteiger partial charge in [0.2, 0.25) is 0 Å². The highest BCUT2D eigenvalue weighted by Gasteiger charge is 2.31. The number of nitrogens with zero attached hydrogens (tertiary/aromatic N) is 5. The molecule has 37 heavy (non-hydrogen) atoms. The van der Waals surface area contributed by atoms with Crippen LogP contribution in [0.5, 0.6) is 0 Å². The summed E-state index contributed by atoms with van der Waals surface area (Å²) in [7, 11) is 1.34. The number of aromatic amines is 1. The van der Waals surface area contributed by atoms with Gasteiger partial charge in [-0.3, -0.25) is 5.32 Å². The van der Waals surface area contributed by atoms with Gasteiger partial charge < -0.3 is 9.72 Å². The number of methoxy groups -OCH3 is 1. The highest BCUT2D eigenvalue weighted by molar-refractivity contribution is 6.42. The Balaban J connectivity index is 1.73. The Morgan fingerprint density at radius 2 is 1.89 bits per heavy atom. The van der Waals surface area contributed by atoms with Crippen molar-refractivity contribution in [2.75, 3.05) is 7.11 Å². The van der Waals surface area contributed by atoms with Crippen molar-refractivity contribution >= 4 is 51.0 Å². The second kappa shape index (κ2) is 9.74.